The summed E-state index contributed by atoms with van der Waals surface area (Å²) in [5.41, 5.74) is 9.17. The predicted octanol–water partition coefficient (Wildman–Crippen LogP) is 2.05. The van der Waals surface area contributed by atoms with E-state index in [9.17, 15) is 0 Å². The topological polar surface area (TPSA) is 38.0 Å². The molecule has 66 valence electrons. The maximum absolute atomic E-state index is 5.78. The lowest BCUT2D eigenvalue weighted by Crippen LogP contribution is -2.13. The van der Waals surface area contributed by atoms with Crippen molar-refractivity contribution in [2.75, 3.05) is 17.6 Å². The second-order valence-electron chi connectivity index (χ2n) is 2.91. The molecule has 0 amide bonds. The molecule has 0 spiro atoms. The third kappa shape index (κ3) is 1.48. The normalized spacial score (nSPS) is 14.0. The third-order valence-electron chi connectivity index (χ3n) is 2.11. The Kier molecular flexibility index (Phi) is 2.82. The van der Waals surface area contributed by atoms with Crippen LogP contribution in [0, 0.1) is 0 Å². The van der Waals surface area contributed by atoms with Gasteiger partial charge in [-0.3, -0.25) is 0 Å². The van der Waals surface area contributed by atoms with E-state index in [1.807, 2.05) is 12.1 Å². The molecule has 0 radical (unpaired) electrons. The maximum atomic E-state index is 5.78. The van der Waals surface area contributed by atoms with Gasteiger partial charge in [0.1, 0.15) is 0 Å². The number of para-hydroxylation sites is 1. The Hall–Kier alpha value is -0.890. The zero-order valence-corrected chi connectivity index (χ0v) is 7.66. The highest BCUT2D eigenvalue weighted by atomic mass is 35.5. The number of nitrogens with one attached hydrogen (secondary N) is 1. The van der Waals surface area contributed by atoms with Crippen LogP contribution in [-0.2, 0) is 6.42 Å². The fourth-order valence-corrected chi connectivity index (χ4v) is 1.54. The molecule has 12 heavy (non-hydrogen) atoms. The number of nitrogens with two attached hydrogens (primary N) is 1. The molecular formula is C9H13ClN2. The molecule has 2 nitrogen and oxygen atoms in total. The monoisotopic (exact) mass is 184 g/mol. The number of benzene rings is 1. The van der Waals surface area contributed by atoms with Gasteiger partial charge in [-0.25, -0.2) is 0 Å². The molecule has 0 saturated carbocycles. The van der Waals surface area contributed by atoms with Crippen molar-refractivity contribution in [3.05, 3.63) is 23.8 Å². The summed E-state index contributed by atoms with van der Waals surface area (Å²) in [4.78, 5) is 0. The van der Waals surface area contributed by atoms with Crippen molar-refractivity contribution >= 4 is 23.8 Å². The van der Waals surface area contributed by atoms with E-state index in [0.29, 0.717) is 0 Å². The average Bonchev–Trinajstić information content (AvgIpc) is 2.06. The Morgan fingerprint density at radius 2 is 2.17 bits per heavy atom. The molecule has 0 saturated heterocycles. The van der Waals surface area contributed by atoms with Crippen molar-refractivity contribution in [2.45, 2.75) is 12.8 Å². The largest absolute Gasteiger partial charge is 0.397 e. The Bertz CT molecular complexity index is 273. The van der Waals surface area contributed by atoms with Crippen LogP contribution in [0.4, 0.5) is 11.4 Å². The van der Waals surface area contributed by atoms with Gasteiger partial charge in [-0.2, -0.15) is 0 Å². The number of rotatable bonds is 0. The summed E-state index contributed by atoms with van der Waals surface area (Å²) in [5, 5.41) is 3.31. The van der Waals surface area contributed by atoms with Gasteiger partial charge < -0.3 is 11.1 Å². The minimum Gasteiger partial charge on any atom is -0.397 e. The molecule has 1 heterocycles. The molecule has 0 aliphatic carbocycles. The number of fused-ring (bicyclic) bond motifs is 1. The van der Waals surface area contributed by atoms with Crippen LogP contribution in [0.1, 0.15) is 12.0 Å². The predicted molar refractivity (Wildman–Crippen MR) is 54.9 cm³/mol. The number of anilines is 2. The second-order valence-corrected chi connectivity index (χ2v) is 2.91. The molecule has 2 rings (SSSR count). The van der Waals surface area contributed by atoms with Gasteiger partial charge in [-0.15, -0.1) is 12.4 Å². The average molecular weight is 185 g/mol. The highest BCUT2D eigenvalue weighted by Gasteiger charge is 2.09. The van der Waals surface area contributed by atoms with Gasteiger partial charge in [0.2, 0.25) is 0 Å². The van der Waals surface area contributed by atoms with E-state index in [1.54, 1.807) is 0 Å². The fraction of sp³-hybridized carbons (Fsp3) is 0.333. The molecule has 1 aliphatic heterocycles. The lowest BCUT2D eigenvalue weighted by molar-refractivity contribution is 0.831. The van der Waals surface area contributed by atoms with Gasteiger partial charge in [-0.1, -0.05) is 12.1 Å². The summed E-state index contributed by atoms with van der Waals surface area (Å²) in [6.07, 6.45) is 2.38. The van der Waals surface area contributed by atoms with Gasteiger partial charge in [0.25, 0.3) is 0 Å². The van der Waals surface area contributed by atoms with E-state index in [1.165, 1.54) is 12.0 Å². The lowest BCUT2D eigenvalue weighted by Gasteiger charge is -2.19. The van der Waals surface area contributed by atoms with E-state index in [2.05, 4.69) is 11.4 Å². The second kappa shape index (κ2) is 3.68. The lowest BCUT2D eigenvalue weighted by atomic mass is 10.0. The molecule has 1 aromatic rings. The molecule has 0 bridgehead atoms. The zero-order chi connectivity index (χ0) is 7.68. The molecule has 0 unspecified atom stereocenters. The van der Waals surface area contributed by atoms with Gasteiger partial charge in [0, 0.05) is 6.54 Å². The number of halogens is 1. The molecule has 1 aromatic carbocycles. The van der Waals surface area contributed by atoms with E-state index in [0.717, 1.165) is 24.3 Å². The van der Waals surface area contributed by atoms with E-state index < -0.39 is 0 Å². The van der Waals surface area contributed by atoms with Crippen molar-refractivity contribution in [1.29, 1.82) is 0 Å². The maximum Gasteiger partial charge on any atom is 0.0606 e. The SMILES string of the molecule is Cl.Nc1cccc2c1NCCC2. The first-order valence-corrected chi connectivity index (χ1v) is 3.99. The Morgan fingerprint density at radius 3 is 2.92 bits per heavy atom. The van der Waals surface area contributed by atoms with Gasteiger partial charge in [0.15, 0.2) is 0 Å². The van der Waals surface area contributed by atoms with Gasteiger partial charge >= 0.3 is 0 Å². The Balaban J connectivity index is 0.000000720. The Labute approximate surface area is 78.6 Å². The van der Waals surface area contributed by atoms with Crippen LogP contribution in [0.25, 0.3) is 0 Å². The zero-order valence-electron chi connectivity index (χ0n) is 6.84. The van der Waals surface area contributed by atoms with Crippen LogP contribution in [0.2, 0.25) is 0 Å². The highest BCUT2D eigenvalue weighted by molar-refractivity contribution is 5.85. The van der Waals surface area contributed by atoms with Crippen molar-refractivity contribution in [3.63, 3.8) is 0 Å². The Morgan fingerprint density at radius 1 is 1.33 bits per heavy atom. The van der Waals surface area contributed by atoms with E-state index in [4.69, 9.17) is 5.73 Å². The fourth-order valence-electron chi connectivity index (χ4n) is 1.54. The molecule has 3 heteroatoms. The molecule has 0 fully saturated rings. The van der Waals surface area contributed by atoms with Crippen molar-refractivity contribution in [3.8, 4) is 0 Å². The smallest absolute Gasteiger partial charge is 0.0606 e. The minimum absolute atomic E-state index is 0. The van der Waals surface area contributed by atoms with Gasteiger partial charge in [0.05, 0.1) is 11.4 Å². The van der Waals surface area contributed by atoms with Gasteiger partial charge in [-0.05, 0) is 24.5 Å². The summed E-state index contributed by atoms with van der Waals surface area (Å²) >= 11 is 0. The molecule has 0 aromatic heterocycles. The summed E-state index contributed by atoms with van der Waals surface area (Å²) in [5.74, 6) is 0. The number of hydrogen-bond donors (Lipinski definition) is 2. The summed E-state index contributed by atoms with van der Waals surface area (Å²) < 4.78 is 0. The first-order chi connectivity index (χ1) is 5.38. The number of aryl methyl sites for hydroxylation is 1. The van der Waals surface area contributed by atoms with Crippen LogP contribution in [0.15, 0.2) is 18.2 Å². The van der Waals surface area contributed by atoms with E-state index >= 15 is 0 Å². The summed E-state index contributed by atoms with van der Waals surface area (Å²) in [6, 6.07) is 6.09. The van der Waals surface area contributed by atoms with Crippen molar-refractivity contribution in [2.24, 2.45) is 0 Å². The first-order valence-electron chi connectivity index (χ1n) is 3.99. The standard InChI is InChI=1S/C9H12N2.ClH/c10-8-5-1-3-7-4-2-6-11-9(7)8;/h1,3,5,11H,2,4,6,10H2;1H. The number of hydrogen-bond acceptors (Lipinski definition) is 2. The molecule has 0 atom stereocenters. The first kappa shape index (κ1) is 9.20. The van der Waals surface area contributed by atoms with Crippen molar-refractivity contribution in [1.82, 2.24) is 0 Å². The summed E-state index contributed by atoms with van der Waals surface area (Å²) in [7, 11) is 0. The molecule has 3 N–H and O–H groups in total. The third-order valence-corrected chi connectivity index (χ3v) is 2.11. The van der Waals surface area contributed by atoms with Crippen molar-refractivity contribution < 1.29 is 0 Å². The van der Waals surface area contributed by atoms with Crippen LogP contribution in [0.3, 0.4) is 0 Å². The summed E-state index contributed by atoms with van der Waals surface area (Å²) in [6.45, 7) is 1.06. The van der Waals surface area contributed by atoms with Crippen LogP contribution in [0.5, 0.6) is 0 Å². The van der Waals surface area contributed by atoms with E-state index in [-0.39, 0.29) is 12.4 Å². The highest BCUT2D eigenvalue weighted by Crippen LogP contribution is 2.27. The molecular weight excluding hydrogens is 172 g/mol. The molecule has 1 aliphatic rings. The quantitative estimate of drug-likeness (QED) is 0.606. The number of nitrogen functional groups attached to an aromatic ring is 1. The minimum atomic E-state index is 0. The van der Waals surface area contributed by atoms with Crippen LogP contribution >= 0.6 is 12.4 Å². The van der Waals surface area contributed by atoms with Crippen LogP contribution in [-0.4, -0.2) is 6.54 Å². The van der Waals surface area contributed by atoms with Crippen LogP contribution < -0.4 is 11.1 Å².